The Morgan fingerprint density at radius 2 is 1.82 bits per heavy atom. The van der Waals surface area contributed by atoms with Gasteiger partial charge >= 0.3 is 0 Å². The highest BCUT2D eigenvalue weighted by Gasteiger charge is 2.37. The third kappa shape index (κ3) is 5.32. The Labute approximate surface area is 224 Å². The number of carbonyl (C=O) groups is 3. The molecule has 0 spiro atoms. The first-order valence-electron chi connectivity index (χ1n) is 11.9. The summed E-state index contributed by atoms with van der Waals surface area (Å²) in [6.45, 7) is 5.60. The van der Waals surface area contributed by atoms with Gasteiger partial charge in [-0.3, -0.25) is 14.4 Å². The monoisotopic (exact) mass is 534 g/mol. The number of primary amides is 1. The van der Waals surface area contributed by atoms with Crippen molar-refractivity contribution in [2.24, 2.45) is 5.73 Å². The molecular formula is C27H30N6O4S. The molecule has 1 atom stereocenters. The molecule has 4 rings (SSSR count). The van der Waals surface area contributed by atoms with Crippen molar-refractivity contribution in [2.45, 2.75) is 38.9 Å². The van der Waals surface area contributed by atoms with E-state index in [1.807, 2.05) is 63.2 Å². The molecule has 3 amide bonds. The molecule has 0 fully saturated rings. The van der Waals surface area contributed by atoms with E-state index < -0.39 is 23.4 Å². The van der Waals surface area contributed by atoms with Gasteiger partial charge in [0.1, 0.15) is 16.7 Å². The number of ether oxygens (including phenoxy) is 1. The maximum absolute atomic E-state index is 14.2. The zero-order valence-electron chi connectivity index (χ0n) is 21.6. The van der Waals surface area contributed by atoms with Crippen LogP contribution < -0.4 is 21.5 Å². The van der Waals surface area contributed by atoms with E-state index in [-0.39, 0.29) is 28.7 Å². The number of methoxy groups -OCH3 is 1. The fraction of sp³-hybridized carbons (Fsp3) is 0.259. The summed E-state index contributed by atoms with van der Waals surface area (Å²) < 4.78 is 9.53. The van der Waals surface area contributed by atoms with E-state index >= 15 is 0 Å². The number of benzene rings is 2. The van der Waals surface area contributed by atoms with Gasteiger partial charge in [-0.15, -0.1) is 0 Å². The SMILES string of the molecule is COc1ccccc1CN(C(=O)c1snc(C(N)=O)c1N)[C@H](C(=O)NC(C)(C)C)c1c[nH]c2ccccc12. The number of nitrogens with zero attached hydrogens (tertiary/aromatic N) is 2. The minimum Gasteiger partial charge on any atom is -0.496 e. The van der Waals surface area contributed by atoms with E-state index in [0.29, 0.717) is 16.9 Å². The van der Waals surface area contributed by atoms with Gasteiger partial charge in [0.25, 0.3) is 11.8 Å². The zero-order valence-corrected chi connectivity index (χ0v) is 22.4. The summed E-state index contributed by atoms with van der Waals surface area (Å²) in [5.74, 6) is -1.25. The fourth-order valence-electron chi connectivity index (χ4n) is 4.27. The van der Waals surface area contributed by atoms with Crippen LogP contribution in [0.1, 0.15) is 58.1 Å². The standard InChI is InChI=1S/C27H30N6O4S/c1-27(2,3)31-25(35)22(17-13-30-18-11-7-6-10-16(17)18)33(14-15-9-5-8-12-19(15)37-4)26(36)23-20(28)21(24(29)34)32-38-23/h5-13,22,30H,14,28H2,1-4H3,(H2,29,34)(H,31,35)/t22-/m0/s1. The van der Waals surface area contributed by atoms with Crippen LogP contribution in [0.2, 0.25) is 0 Å². The van der Waals surface area contributed by atoms with Gasteiger partial charge in [-0.2, -0.15) is 4.37 Å². The average Bonchev–Trinajstić information content (AvgIpc) is 3.46. The Morgan fingerprint density at radius 3 is 2.47 bits per heavy atom. The molecule has 0 unspecified atom stereocenters. The molecule has 0 aliphatic rings. The van der Waals surface area contributed by atoms with Crippen LogP contribution in [0, 0.1) is 0 Å². The summed E-state index contributed by atoms with van der Waals surface area (Å²) >= 11 is 0.767. The topological polar surface area (TPSA) is 156 Å². The number of rotatable bonds is 8. The van der Waals surface area contributed by atoms with Gasteiger partial charge in [-0.25, -0.2) is 0 Å². The minimum absolute atomic E-state index is 0.00777. The highest BCUT2D eigenvalue weighted by Crippen LogP contribution is 2.35. The van der Waals surface area contributed by atoms with E-state index in [4.69, 9.17) is 16.2 Å². The minimum atomic E-state index is -1.07. The zero-order chi connectivity index (χ0) is 27.6. The van der Waals surface area contributed by atoms with Crippen LogP contribution in [0.3, 0.4) is 0 Å². The molecule has 2 heterocycles. The van der Waals surface area contributed by atoms with Crippen LogP contribution in [0.4, 0.5) is 5.69 Å². The number of hydrogen-bond donors (Lipinski definition) is 4. The number of fused-ring (bicyclic) bond motifs is 1. The van der Waals surface area contributed by atoms with Crippen molar-refractivity contribution in [3.05, 3.63) is 76.4 Å². The molecule has 0 saturated carbocycles. The van der Waals surface area contributed by atoms with E-state index in [1.165, 1.54) is 12.0 Å². The lowest BCUT2D eigenvalue weighted by Crippen LogP contribution is -2.49. The number of nitrogens with one attached hydrogen (secondary N) is 2. The van der Waals surface area contributed by atoms with E-state index in [1.54, 1.807) is 12.3 Å². The Bertz CT molecular complexity index is 1500. The fourth-order valence-corrected chi connectivity index (χ4v) is 5.03. The first-order valence-corrected chi connectivity index (χ1v) is 12.6. The molecule has 2 aromatic heterocycles. The maximum Gasteiger partial charge on any atom is 0.270 e. The van der Waals surface area contributed by atoms with Crippen LogP contribution in [-0.4, -0.2) is 44.6 Å². The quantitative estimate of drug-likeness (QED) is 0.270. The van der Waals surface area contributed by atoms with Gasteiger partial charge in [0, 0.05) is 33.8 Å². The van der Waals surface area contributed by atoms with Crippen LogP contribution in [0.5, 0.6) is 5.75 Å². The molecule has 198 valence electrons. The first kappa shape index (κ1) is 26.7. The summed E-state index contributed by atoms with van der Waals surface area (Å²) in [7, 11) is 1.54. The lowest BCUT2D eigenvalue weighted by Gasteiger charge is -2.33. The second-order valence-corrected chi connectivity index (χ2v) is 10.6. The lowest BCUT2D eigenvalue weighted by molar-refractivity contribution is -0.127. The van der Waals surface area contributed by atoms with Gasteiger partial charge in [0.2, 0.25) is 5.91 Å². The Hall–Kier alpha value is -4.38. The van der Waals surface area contributed by atoms with Gasteiger partial charge in [0.15, 0.2) is 5.69 Å². The Kier molecular flexibility index (Phi) is 7.40. The molecule has 38 heavy (non-hydrogen) atoms. The molecule has 4 aromatic rings. The number of amides is 3. The third-order valence-corrected chi connectivity index (χ3v) is 6.77. The van der Waals surface area contributed by atoms with Gasteiger partial charge in [0.05, 0.1) is 19.3 Å². The molecule has 10 nitrogen and oxygen atoms in total. The number of nitrogen functional groups attached to an aromatic ring is 1. The van der Waals surface area contributed by atoms with Crippen molar-refractivity contribution < 1.29 is 19.1 Å². The molecule has 0 bridgehead atoms. The largest absolute Gasteiger partial charge is 0.496 e. The molecule has 11 heteroatoms. The van der Waals surface area contributed by atoms with Crippen molar-refractivity contribution in [1.29, 1.82) is 0 Å². The lowest BCUT2D eigenvalue weighted by atomic mass is 9.99. The number of H-pyrrole nitrogens is 1. The molecule has 0 aliphatic heterocycles. The highest BCUT2D eigenvalue weighted by molar-refractivity contribution is 7.09. The van der Waals surface area contributed by atoms with Gasteiger partial charge < -0.3 is 31.4 Å². The van der Waals surface area contributed by atoms with Crippen molar-refractivity contribution >= 4 is 45.8 Å². The molecule has 6 N–H and O–H groups in total. The van der Waals surface area contributed by atoms with Crippen molar-refractivity contribution in [1.82, 2.24) is 19.6 Å². The average molecular weight is 535 g/mol. The molecule has 2 aromatic carbocycles. The van der Waals surface area contributed by atoms with E-state index in [2.05, 4.69) is 14.7 Å². The molecule has 0 radical (unpaired) electrons. The normalized spacial score (nSPS) is 12.2. The summed E-state index contributed by atoms with van der Waals surface area (Å²) in [6.07, 6.45) is 1.73. The number of anilines is 1. The van der Waals surface area contributed by atoms with Gasteiger partial charge in [-0.1, -0.05) is 36.4 Å². The number of aromatic amines is 1. The highest BCUT2D eigenvalue weighted by atomic mass is 32.1. The second kappa shape index (κ2) is 10.5. The summed E-state index contributed by atoms with van der Waals surface area (Å²) in [5.41, 5.74) is 12.8. The predicted molar refractivity (Wildman–Crippen MR) is 147 cm³/mol. The summed E-state index contributed by atoms with van der Waals surface area (Å²) in [5, 5.41) is 3.80. The van der Waals surface area contributed by atoms with Crippen molar-refractivity contribution in [3.63, 3.8) is 0 Å². The van der Waals surface area contributed by atoms with Crippen LogP contribution >= 0.6 is 11.5 Å². The Balaban J connectivity index is 1.92. The number of aromatic nitrogens is 2. The second-order valence-electron chi connectivity index (χ2n) is 9.81. The van der Waals surface area contributed by atoms with Crippen LogP contribution in [0.15, 0.2) is 54.7 Å². The predicted octanol–water partition coefficient (Wildman–Crippen LogP) is 3.61. The summed E-state index contributed by atoms with van der Waals surface area (Å²) in [6, 6.07) is 13.7. The van der Waals surface area contributed by atoms with Crippen LogP contribution in [-0.2, 0) is 11.3 Å². The third-order valence-electron chi connectivity index (χ3n) is 5.92. The molecule has 0 aliphatic carbocycles. The maximum atomic E-state index is 14.2. The van der Waals surface area contributed by atoms with E-state index in [9.17, 15) is 14.4 Å². The summed E-state index contributed by atoms with van der Waals surface area (Å²) in [4.78, 5) is 44.6. The van der Waals surface area contributed by atoms with Crippen LogP contribution in [0.25, 0.3) is 10.9 Å². The van der Waals surface area contributed by atoms with E-state index in [0.717, 1.165) is 22.4 Å². The van der Waals surface area contributed by atoms with Crippen molar-refractivity contribution in [3.8, 4) is 5.75 Å². The van der Waals surface area contributed by atoms with Crippen molar-refractivity contribution in [2.75, 3.05) is 12.8 Å². The smallest absolute Gasteiger partial charge is 0.270 e. The Morgan fingerprint density at radius 1 is 1.13 bits per heavy atom. The number of carbonyl (C=O) groups excluding carboxylic acids is 3. The molecular weight excluding hydrogens is 504 g/mol. The number of hydrogen-bond acceptors (Lipinski definition) is 7. The number of para-hydroxylation sites is 2. The first-order chi connectivity index (χ1) is 18.0. The number of nitrogens with two attached hydrogens (primary N) is 2. The van der Waals surface area contributed by atoms with Gasteiger partial charge in [-0.05, 0) is 44.4 Å². The molecule has 0 saturated heterocycles.